The average molecular weight is 343 g/mol. The lowest BCUT2D eigenvalue weighted by atomic mass is 10.2. The Morgan fingerprint density at radius 3 is 2.00 bits per heavy atom. The van der Waals surface area contributed by atoms with Crippen LogP contribution in [0.3, 0.4) is 0 Å². The Hall–Kier alpha value is 1.15. The second-order valence-corrected chi connectivity index (χ2v) is 6.81. The molecule has 6 heteroatoms. The molecule has 0 radical (unpaired) electrons. The van der Waals surface area contributed by atoms with Gasteiger partial charge in [-0.05, 0) is 22.0 Å². The number of hydrogen-bond donors (Lipinski definition) is 0. The lowest BCUT2D eigenvalue weighted by Gasteiger charge is -2.14. The largest absolute Gasteiger partial charge is 0.198 e. The van der Waals surface area contributed by atoms with Gasteiger partial charge in [0.2, 0.25) is 0 Å². The maximum Gasteiger partial charge on any atom is 0.198 e. The van der Waals surface area contributed by atoms with Gasteiger partial charge in [0.15, 0.2) is 3.24 Å². The van der Waals surface area contributed by atoms with Gasteiger partial charge >= 0.3 is 0 Å². The Labute approximate surface area is 109 Å². The summed E-state index contributed by atoms with van der Waals surface area (Å²) in [4.78, 5) is 0. The molecule has 1 rings (SSSR count). The zero-order chi connectivity index (χ0) is 10.2. The van der Waals surface area contributed by atoms with Crippen LogP contribution in [0.4, 0.5) is 0 Å². The van der Waals surface area contributed by atoms with Gasteiger partial charge in [0.1, 0.15) is 0 Å². The topological polar surface area (TPSA) is 0 Å². The first kappa shape index (κ1) is 12.2. The quantitative estimate of drug-likeness (QED) is 0.458. The molecule has 1 aromatic carbocycles. The van der Waals surface area contributed by atoms with Crippen LogP contribution in [-0.2, 0) is 3.24 Å². The molecule has 13 heavy (non-hydrogen) atoms. The Bertz CT molecular complexity index is 330. The summed E-state index contributed by atoms with van der Waals surface area (Å²) in [6.07, 6.45) is 0. The molecular formula is C7H2BrCl5. The Balaban J connectivity index is 3.35. The summed E-state index contributed by atoms with van der Waals surface area (Å²) in [6.45, 7) is 0. The molecular weight excluding hydrogens is 341 g/mol. The van der Waals surface area contributed by atoms with Crippen molar-refractivity contribution in [2.24, 2.45) is 0 Å². The summed E-state index contributed by atoms with van der Waals surface area (Å²) < 4.78 is -1.25. The van der Waals surface area contributed by atoms with E-state index in [-0.39, 0.29) is 10.0 Å². The van der Waals surface area contributed by atoms with Gasteiger partial charge in [0.05, 0.1) is 15.1 Å². The fraction of sp³-hybridized carbons (Fsp3) is 0.143. The Morgan fingerprint density at radius 1 is 1.00 bits per heavy atom. The maximum absolute atomic E-state index is 5.87. The molecule has 72 valence electrons. The van der Waals surface area contributed by atoms with Crippen LogP contribution in [0.15, 0.2) is 12.1 Å². The smallest absolute Gasteiger partial charge is 0.0833 e. The van der Waals surface area contributed by atoms with Crippen LogP contribution < -0.4 is 0 Å². The van der Waals surface area contributed by atoms with Gasteiger partial charge in [-0.2, -0.15) is 0 Å². The molecule has 0 bridgehead atoms. The summed E-state index contributed by atoms with van der Waals surface area (Å²) in [5.74, 6) is 0. The molecule has 1 aromatic rings. The molecule has 0 aliphatic carbocycles. The molecule has 0 heterocycles. The van der Waals surface area contributed by atoms with Crippen molar-refractivity contribution in [2.75, 3.05) is 0 Å². The fourth-order valence-corrected chi connectivity index (χ4v) is 2.28. The van der Waals surface area contributed by atoms with E-state index in [0.717, 1.165) is 0 Å². The first-order valence-corrected chi connectivity index (χ1v) is 5.73. The predicted molar refractivity (Wildman–Crippen MR) is 63.8 cm³/mol. The van der Waals surface area contributed by atoms with Crippen LogP contribution in [0.5, 0.6) is 0 Å². The van der Waals surface area contributed by atoms with E-state index in [9.17, 15) is 0 Å². The van der Waals surface area contributed by atoms with Crippen LogP contribution in [-0.4, -0.2) is 0 Å². The van der Waals surface area contributed by atoms with E-state index in [2.05, 4.69) is 15.9 Å². The van der Waals surface area contributed by atoms with Crippen molar-refractivity contribution in [3.63, 3.8) is 0 Å². The van der Waals surface area contributed by atoms with Crippen LogP contribution in [0.2, 0.25) is 15.1 Å². The van der Waals surface area contributed by atoms with Crippen LogP contribution in [0.1, 0.15) is 5.56 Å². The number of hydrogen-bond acceptors (Lipinski definition) is 0. The first-order valence-electron chi connectivity index (χ1n) is 3.04. The maximum atomic E-state index is 5.87. The minimum absolute atomic E-state index is 0.242. The predicted octanol–water partition coefficient (Wildman–Crippen LogP) is 5.63. The highest BCUT2D eigenvalue weighted by molar-refractivity contribution is 9.10. The fourth-order valence-electron chi connectivity index (χ4n) is 0.745. The number of halogens is 6. The zero-order valence-electron chi connectivity index (χ0n) is 5.92. The van der Waals surface area contributed by atoms with Crippen LogP contribution in [0.25, 0.3) is 0 Å². The third-order valence-corrected chi connectivity index (χ3v) is 3.47. The molecule has 0 spiro atoms. The zero-order valence-corrected chi connectivity index (χ0v) is 11.3. The van der Waals surface area contributed by atoms with Crippen molar-refractivity contribution in [2.45, 2.75) is 3.24 Å². The normalized spacial score (nSPS) is 11.8. The molecule has 0 atom stereocenters. The minimum Gasteiger partial charge on any atom is -0.0833 e. The van der Waals surface area contributed by atoms with Gasteiger partial charge in [-0.15, -0.1) is 0 Å². The van der Waals surface area contributed by atoms with Crippen molar-refractivity contribution in [3.05, 3.63) is 32.8 Å². The van der Waals surface area contributed by atoms with E-state index in [4.69, 9.17) is 58.0 Å². The van der Waals surface area contributed by atoms with Gasteiger partial charge < -0.3 is 0 Å². The van der Waals surface area contributed by atoms with Gasteiger partial charge in [0.25, 0.3) is 0 Å². The highest BCUT2D eigenvalue weighted by Crippen LogP contribution is 2.46. The molecule has 0 saturated carbocycles. The third kappa shape index (κ3) is 2.80. The van der Waals surface area contributed by atoms with Crippen molar-refractivity contribution in [1.29, 1.82) is 0 Å². The molecule has 0 aliphatic heterocycles. The second kappa shape index (κ2) is 4.34. The van der Waals surface area contributed by atoms with Gasteiger partial charge in [0, 0.05) is 5.56 Å². The Kier molecular flexibility index (Phi) is 4.08. The van der Waals surface area contributed by atoms with Crippen LogP contribution in [0, 0.1) is 0 Å². The van der Waals surface area contributed by atoms with Crippen molar-refractivity contribution < 1.29 is 0 Å². The standard InChI is InChI=1S/C7H2BrCl5/c8-7(12,13)3-1-2-4(9)6(11)5(3)10/h1-2H. The molecule has 0 amide bonds. The highest BCUT2D eigenvalue weighted by Gasteiger charge is 2.26. The number of benzene rings is 1. The average Bonchev–Trinajstić information content (AvgIpc) is 1.98. The van der Waals surface area contributed by atoms with E-state index in [1.165, 1.54) is 0 Å². The molecule has 0 N–H and O–H groups in total. The lowest BCUT2D eigenvalue weighted by molar-refractivity contribution is 1.29. The summed E-state index contributed by atoms with van der Waals surface area (Å²) in [5, 5.41) is 0.850. The Morgan fingerprint density at radius 2 is 1.54 bits per heavy atom. The van der Waals surface area contributed by atoms with Crippen molar-refractivity contribution in [1.82, 2.24) is 0 Å². The van der Waals surface area contributed by atoms with Crippen molar-refractivity contribution >= 4 is 73.9 Å². The van der Waals surface area contributed by atoms with Gasteiger partial charge in [-0.3, -0.25) is 0 Å². The number of alkyl halides is 3. The van der Waals surface area contributed by atoms with E-state index < -0.39 is 3.24 Å². The highest BCUT2D eigenvalue weighted by atomic mass is 79.9. The molecule has 0 aliphatic rings. The van der Waals surface area contributed by atoms with E-state index in [1.54, 1.807) is 12.1 Å². The summed E-state index contributed by atoms with van der Waals surface area (Å²) in [5.41, 5.74) is 0.465. The monoisotopic (exact) mass is 340 g/mol. The van der Waals surface area contributed by atoms with E-state index in [1.807, 2.05) is 0 Å². The second-order valence-electron chi connectivity index (χ2n) is 2.22. The molecule has 0 saturated heterocycles. The summed E-state index contributed by atoms with van der Waals surface area (Å²) >= 11 is 32.0. The summed E-state index contributed by atoms with van der Waals surface area (Å²) in [7, 11) is 0. The van der Waals surface area contributed by atoms with E-state index >= 15 is 0 Å². The van der Waals surface area contributed by atoms with E-state index in [0.29, 0.717) is 10.6 Å². The first-order chi connectivity index (χ1) is 5.84. The lowest BCUT2D eigenvalue weighted by Crippen LogP contribution is -2.00. The summed E-state index contributed by atoms with van der Waals surface area (Å²) in [6, 6.07) is 3.18. The molecule has 0 aromatic heterocycles. The molecule has 0 unspecified atom stereocenters. The SMILES string of the molecule is Clc1ccc(C(Cl)(Cl)Br)c(Cl)c1Cl. The van der Waals surface area contributed by atoms with Crippen molar-refractivity contribution in [3.8, 4) is 0 Å². The molecule has 0 fully saturated rings. The molecule has 0 nitrogen and oxygen atoms in total. The minimum atomic E-state index is -1.25. The third-order valence-electron chi connectivity index (χ3n) is 1.34. The van der Waals surface area contributed by atoms with Gasteiger partial charge in [-0.25, -0.2) is 0 Å². The van der Waals surface area contributed by atoms with Crippen LogP contribution >= 0.6 is 73.9 Å². The van der Waals surface area contributed by atoms with Gasteiger partial charge in [-0.1, -0.05) is 64.1 Å². The number of rotatable bonds is 1.